The largest absolute Gasteiger partial charge is 0.307 e. The molecule has 0 radical (unpaired) electrons. The molecule has 0 bridgehead atoms. The first-order chi connectivity index (χ1) is 7.48. The first kappa shape index (κ1) is 10.9. The van der Waals surface area contributed by atoms with Gasteiger partial charge in [-0.05, 0) is 24.0 Å². The Morgan fingerprint density at radius 3 is 2.81 bits per heavy atom. The van der Waals surface area contributed by atoms with Crippen LogP contribution in [0.1, 0.15) is 36.8 Å². The van der Waals surface area contributed by atoms with Gasteiger partial charge in [0.05, 0.1) is 5.69 Å². The van der Waals surface area contributed by atoms with Crippen molar-refractivity contribution >= 4 is 11.9 Å². The lowest BCUT2D eigenvalue weighted by Gasteiger charge is -2.15. The van der Waals surface area contributed by atoms with Gasteiger partial charge in [-0.2, -0.15) is 0 Å². The van der Waals surface area contributed by atoms with Gasteiger partial charge in [0.2, 0.25) is 0 Å². The van der Waals surface area contributed by atoms with Crippen molar-refractivity contribution in [1.29, 1.82) is 0 Å². The fourth-order valence-corrected chi connectivity index (χ4v) is 1.75. The van der Waals surface area contributed by atoms with Crippen LogP contribution in [0.3, 0.4) is 0 Å². The summed E-state index contributed by atoms with van der Waals surface area (Å²) in [5, 5.41) is 0. The number of hydrogen-bond acceptors (Lipinski definition) is 2. The minimum absolute atomic E-state index is 0.228. The van der Waals surface area contributed by atoms with E-state index in [9.17, 15) is 4.79 Å². The molecule has 0 saturated heterocycles. The summed E-state index contributed by atoms with van der Waals surface area (Å²) in [4.78, 5) is 15.2. The van der Waals surface area contributed by atoms with E-state index in [4.69, 9.17) is 0 Å². The van der Waals surface area contributed by atoms with E-state index in [0.29, 0.717) is 5.56 Å². The quantitative estimate of drug-likeness (QED) is 0.723. The fourth-order valence-electron chi connectivity index (χ4n) is 1.75. The predicted molar refractivity (Wildman–Crippen MR) is 63.7 cm³/mol. The van der Waals surface area contributed by atoms with Gasteiger partial charge in [0.25, 0.3) is 0 Å². The maximum absolute atomic E-state index is 10.6. The van der Waals surface area contributed by atoms with Crippen molar-refractivity contribution in [2.45, 2.75) is 27.2 Å². The smallest absolute Gasteiger partial charge is 0.150 e. The summed E-state index contributed by atoms with van der Waals surface area (Å²) >= 11 is 0. The van der Waals surface area contributed by atoms with Gasteiger partial charge in [-0.25, -0.2) is 4.98 Å². The molecular formula is C13H16N2O. The number of hydrogen-bond donors (Lipinski definition) is 0. The highest BCUT2D eigenvalue weighted by Gasteiger charge is 2.13. The summed E-state index contributed by atoms with van der Waals surface area (Å²) in [6.45, 7) is 6.57. The van der Waals surface area contributed by atoms with Crippen molar-refractivity contribution in [3.8, 4) is 0 Å². The summed E-state index contributed by atoms with van der Waals surface area (Å²) in [5.41, 5.74) is 2.80. The highest BCUT2D eigenvalue weighted by molar-refractivity contribution is 5.76. The van der Waals surface area contributed by atoms with Crippen LogP contribution in [0.5, 0.6) is 0 Å². The molecule has 0 aliphatic carbocycles. The van der Waals surface area contributed by atoms with E-state index in [1.807, 2.05) is 16.8 Å². The molecule has 0 aliphatic heterocycles. The van der Waals surface area contributed by atoms with Crippen molar-refractivity contribution in [2.24, 2.45) is 5.41 Å². The summed E-state index contributed by atoms with van der Waals surface area (Å²) in [6.07, 6.45) is 5.68. The van der Waals surface area contributed by atoms with Crippen molar-refractivity contribution in [3.63, 3.8) is 0 Å². The maximum Gasteiger partial charge on any atom is 0.150 e. The molecule has 84 valence electrons. The minimum atomic E-state index is 0.228. The van der Waals surface area contributed by atoms with Crippen LogP contribution in [0, 0.1) is 5.41 Å². The SMILES string of the molecule is CC(C)(C)Cc1cn2ccc(C=O)cc2n1. The third-order valence-corrected chi connectivity index (χ3v) is 2.38. The number of imidazole rings is 1. The summed E-state index contributed by atoms with van der Waals surface area (Å²) < 4.78 is 1.95. The predicted octanol–water partition coefficient (Wildman–Crippen LogP) is 2.74. The Bertz CT molecular complexity index is 520. The van der Waals surface area contributed by atoms with Crippen LogP contribution in [0.15, 0.2) is 24.5 Å². The fraction of sp³-hybridized carbons (Fsp3) is 0.385. The van der Waals surface area contributed by atoms with E-state index >= 15 is 0 Å². The number of aromatic nitrogens is 2. The van der Waals surface area contributed by atoms with E-state index in [1.54, 1.807) is 12.1 Å². The molecule has 16 heavy (non-hydrogen) atoms. The summed E-state index contributed by atoms with van der Waals surface area (Å²) in [6, 6.07) is 3.60. The molecule has 0 aliphatic rings. The zero-order valence-corrected chi connectivity index (χ0v) is 9.90. The average molecular weight is 216 g/mol. The number of fused-ring (bicyclic) bond motifs is 1. The second kappa shape index (κ2) is 3.74. The molecule has 0 aromatic carbocycles. The van der Waals surface area contributed by atoms with E-state index in [1.165, 1.54) is 0 Å². The molecular weight excluding hydrogens is 200 g/mol. The molecule has 0 N–H and O–H groups in total. The molecule has 2 aromatic rings. The summed E-state index contributed by atoms with van der Waals surface area (Å²) in [5.74, 6) is 0. The molecule has 0 amide bonds. The lowest BCUT2D eigenvalue weighted by molar-refractivity contribution is 0.112. The molecule has 0 saturated carbocycles. The molecule has 0 atom stereocenters. The molecule has 0 unspecified atom stereocenters. The average Bonchev–Trinajstić information content (AvgIpc) is 2.55. The lowest BCUT2D eigenvalue weighted by atomic mass is 9.91. The zero-order chi connectivity index (χ0) is 11.8. The van der Waals surface area contributed by atoms with Crippen molar-refractivity contribution < 1.29 is 4.79 Å². The first-order valence-corrected chi connectivity index (χ1v) is 5.41. The van der Waals surface area contributed by atoms with Crippen LogP contribution in [0.25, 0.3) is 5.65 Å². The van der Waals surface area contributed by atoms with Gasteiger partial charge in [0.1, 0.15) is 11.9 Å². The van der Waals surface area contributed by atoms with Gasteiger partial charge >= 0.3 is 0 Å². The van der Waals surface area contributed by atoms with Gasteiger partial charge in [-0.1, -0.05) is 20.8 Å². The zero-order valence-electron chi connectivity index (χ0n) is 9.90. The van der Waals surface area contributed by atoms with Crippen LogP contribution in [-0.2, 0) is 6.42 Å². The Balaban J connectivity index is 2.40. The van der Waals surface area contributed by atoms with Crippen LogP contribution in [-0.4, -0.2) is 15.7 Å². The van der Waals surface area contributed by atoms with Crippen LogP contribution in [0.2, 0.25) is 0 Å². The van der Waals surface area contributed by atoms with Gasteiger partial charge in [0, 0.05) is 18.0 Å². The highest BCUT2D eigenvalue weighted by atomic mass is 16.1. The Hall–Kier alpha value is -1.64. The number of aldehydes is 1. The third kappa shape index (κ3) is 2.30. The number of rotatable bonds is 2. The minimum Gasteiger partial charge on any atom is -0.307 e. The highest BCUT2D eigenvalue weighted by Crippen LogP contribution is 2.20. The topological polar surface area (TPSA) is 34.4 Å². The molecule has 0 fully saturated rings. The first-order valence-electron chi connectivity index (χ1n) is 5.41. The third-order valence-electron chi connectivity index (χ3n) is 2.38. The molecule has 2 heterocycles. The Morgan fingerprint density at radius 2 is 2.19 bits per heavy atom. The Kier molecular flexibility index (Phi) is 2.54. The number of carbonyl (C=O) groups is 1. The number of pyridine rings is 1. The second-order valence-electron chi connectivity index (χ2n) is 5.31. The van der Waals surface area contributed by atoms with Crippen LogP contribution >= 0.6 is 0 Å². The van der Waals surface area contributed by atoms with Gasteiger partial charge in [-0.15, -0.1) is 0 Å². The van der Waals surface area contributed by atoms with E-state index < -0.39 is 0 Å². The van der Waals surface area contributed by atoms with Gasteiger partial charge in [-0.3, -0.25) is 4.79 Å². The van der Waals surface area contributed by atoms with Crippen LogP contribution < -0.4 is 0 Å². The van der Waals surface area contributed by atoms with Crippen molar-refractivity contribution in [3.05, 3.63) is 35.8 Å². The van der Waals surface area contributed by atoms with Gasteiger partial charge in [0.15, 0.2) is 0 Å². The molecule has 0 spiro atoms. The number of nitrogens with zero attached hydrogens (tertiary/aromatic N) is 2. The van der Waals surface area contributed by atoms with E-state index in [2.05, 4.69) is 25.8 Å². The van der Waals surface area contributed by atoms with E-state index in [0.717, 1.165) is 24.0 Å². The monoisotopic (exact) mass is 216 g/mol. The van der Waals surface area contributed by atoms with E-state index in [-0.39, 0.29) is 5.41 Å². The molecule has 2 aromatic heterocycles. The maximum atomic E-state index is 10.6. The normalized spacial score (nSPS) is 11.9. The van der Waals surface area contributed by atoms with Crippen molar-refractivity contribution in [1.82, 2.24) is 9.38 Å². The lowest BCUT2D eigenvalue weighted by Crippen LogP contribution is -2.09. The standard InChI is InChI=1S/C13H16N2O/c1-13(2,3)7-11-8-15-5-4-10(9-16)6-12(15)14-11/h4-6,8-9H,7H2,1-3H3. The van der Waals surface area contributed by atoms with Gasteiger partial charge < -0.3 is 4.40 Å². The Labute approximate surface area is 95.1 Å². The number of carbonyl (C=O) groups excluding carboxylic acids is 1. The second-order valence-corrected chi connectivity index (χ2v) is 5.31. The molecule has 2 rings (SSSR count). The van der Waals surface area contributed by atoms with Crippen molar-refractivity contribution in [2.75, 3.05) is 0 Å². The summed E-state index contributed by atoms with van der Waals surface area (Å²) in [7, 11) is 0. The molecule has 3 nitrogen and oxygen atoms in total. The van der Waals surface area contributed by atoms with Crippen LogP contribution in [0.4, 0.5) is 0 Å². The molecule has 3 heteroatoms. The Morgan fingerprint density at radius 1 is 1.44 bits per heavy atom.